The van der Waals surface area contributed by atoms with Gasteiger partial charge in [-0.05, 0) is 63.3 Å². The van der Waals surface area contributed by atoms with E-state index in [1.165, 1.54) is 47.0 Å². The number of fused-ring (bicyclic) bond motifs is 3. The van der Waals surface area contributed by atoms with Crippen LogP contribution < -0.4 is 0 Å². The summed E-state index contributed by atoms with van der Waals surface area (Å²) in [4.78, 5) is 4.08. The molecule has 0 aliphatic heterocycles. The van der Waals surface area contributed by atoms with Gasteiger partial charge in [0.1, 0.15) is 0 Å². The maximum Gasteiger partial charge on any atom is 0.174 e. The summed E-state index contributed by atoms with van der Waals surface area (Å²) in [5, 5.41) is 7.77. The number of hydrogen-bond donors (Lipinski definition) is 0. The molecule has 0 aliphatic carbocycles. The lowest BCUT2D eigenvalue weighted by Gasteiger charge is -2.12. The SMILES string of the molecule is c1ccc2cc([S+](c3ccc4ccccc4c3)c3cccc4ccccc34)ccc2c1. The van der Waals surface area contributed by atoms with E-state index in [-0.39, 0.29) is 10.9 Å². The van der Waals surface area contributed by atoms with Crippen molar-refractivity contribution in [2.45, 2.75) is 14.7 Å². The molecule has 6 aromatic carbocycles. The van der Waals surface area contributed by atoms with Crippen molar-refractivity contribution in [1.29, 1.82) is 0 Å². The van der Waals surface area contributed by atoms with Gasteiger partial charge in [-0.3, -0.25) is 0 Å². The summed E-state index contributed by atoms with van der Waals surface area (Å²) in [6.07, 6.45) is 0. The van der Waals surface area contributed by atoms with E-state index < -0.39 is 0 Å². The summed E-state index contributed by atoms with van der Waals surface area (Å²) in [6, 6.07) is 46.6. The molecule has 0 aromatic heterocycles. The first-order valence-corrected chi connectivity index (χ1v) is 11.8. The highest BCUT2D eigenvalue weighted by molar-refractivity contribution is 7.97. The Morgan fingerprint density at radius 3 is 1.45 bits per heavy atom. The standard InChI is InChI=1S/C30H21S/c1-3-11-25-20-27(18-16-22(25)8-1)31(28-19-17-23-9-2-4-12-26(23)21-28)30-15-7-13-24-10-5-6-14-29(24)30/h1-21H/q+1. The van der Waals surface area contributed by atoms with Crippen LogP contribution in [0.15, 0.2) is 142 Å². The Morgan fingerprint density at radius 1 is 0.355 bits per heavy atom. The van der Waals surface area contributed by atoms with Crippen molar-refractivity contribution in [2.75, 3.05) is 0 Å². The van der Waals surface area contributed by atoms with Gasteiger partial charge < -0.3 is 0 Å². The summed E-state index contributed by atoms with van der Waals surface area (Å²) in [5.74, 6) is 0. The van der Waals surface area contributed by atoms with E-state index in [2.05, 4.69) is 127 Å². The molecule has 0 heterocycles. The predicted octanol–water partition coefficient (Wildman–Crippen LogP) is 8.24. The minimum absolute atomic E-state index is 0.201. The van der Waals surface area contributed by atoms with E-state index >= 15 is 0 Å². The molecular formula is C30H21S+. The van der Waals surface area contributed by atoms with Crippen LogP contribution in [0.4, 0.5) is 0 Å². The summed E-state index contributed by atoms with van der Waals surface area (Å²) >= 11 is 0. The van der Waals surface area contributed by atoms with E-state index in [1.54, 1.807) is 0 Å². The Hall–Kier alpha value is -3.55. The molecule has 0 amide bonds. The number of benzene rings is 6. The highest BCUT2D eigenvalue weighted by atomic mass is 32.2. The maximum absolute atomic E-state index is 2.37. The zero-order valence-corrected chi connectivity index (χ0v) is 17.8. The Kier molecular flexibility index (Phi) is 4.48. The van der Waals surface area contributed by atoms with Crippen LogP contribution in [0, 0.1) is 0 Å². The van der Waals surface area contributed by atoms with Gasteiger partial charge in [-0.2, -0.15) is 0 Å². The lowest BCUT2D eigenvalue weighted by Crippen LogP contribution is -2.05. The van der Waals surface area contributed by atoms with Crippen LogP contribution in [0.1, 0.15) is 0 Å². The molecule has 6 rings (SSSR count). The van der Waals surface area contributed by atoms with Gasteiger partial charge in [0.15, 0.2) is 14.7 Å². The van der Waals surface area contributed by atoms with Crippen LogP contribution in [0.5, 0.6) is 0 Å². The Balaban J connectivity index is 1.64. The van der Waals surface area contributed by atoms with Crippen LogP contribution >= 0.6 is 0 Å². The van der Waals surface area contributed by atoms with Crippen LogP contribution in [-0.4, -0.2) is 0 Å². The fraction of sp³-hybridized carbons (Fsp3) is 0. The monoisotopic (exact) mass is 413 g/mol. The first kappa shape index (κ1) is 18.2. The first-order valence-electron chi connectivity index (χ1n) is 10.6. The molecule has 0 radical (unpaired) electrons. The molecule has 0 nitrogen and oxygen atoms in total. The molecule has 6 aromatic rings. The van der Waals surface area contributed by atoms with Gasteiger partial charge in [-0.25, -0.2) is 0 Å². The highest BCUT2D eigenvalue weighted by Crippen LogP contribution is 2.37. The summed E-state index contributed by atoms with van der Waals surface area (Å²) in [7, 11) is -0.201. The van der Waals surface area contributed by atoms with Crippen molar-refractivity contribution >= 4 is 43.2 Å². The van der Waals surface area contributed by atoms with Crippen LogP contribution in [0.25, 0.3) is 32.3 Å². The average Bonchev–Trinajstić information content (AvgIpc) is 2.84. The first-order chi connectivity index (χ1) is 15.4. The second-order valence-electron chi connectivity index (χ2n) is 7.80. The van der Waals surface area contributed by atoms with Crippen molar-refractivity contribution in [3.8, 4) is 0 Å². The van der Waals surface area contributed by atoms with Crippen LogP contribution in [0.3, 0.4) is 0 Å². The molecular weight excluding hydrogens is 392 g/mol. The van der Waals surface area contributed by atoms with Crippen LogP contribution in [0.2, 0.25) is 0 Å². The van der Waals surface area contributed by atoms with Gasteiger partial charge in [0.25, 0.3) is 0 Å². The van der Waals surface area contributed by atoms with Crippen LogP contribution in [-0.2, 0) is 10.9 Å². The summed E-state index contributed by atoms with van der Waals surface area (Å²) in [6.45, 7) is 0. The predicted molar refractivity (Wildman–Crippen MR) is 134 cm³/mol. The van der Waals surface area contributed by atoms with E-state index in [4.69, 9.17) is 0 Å². The van der Waals surface area contributed by atoms with E-state index in [0.29, 0.717) is 0 Å². The Labute approximate surface area is 185 Å². The fourth-order valence-electron chi connectivity index (χ4n) is 4.35. The van der Waals surface area contributed by atoms with Gasteiger partial charge in [-0.15, -0.1) is 0 Å². The third-order valence-electron chi connectivity index (χ3n) is 5.88. The normalized spacial score (nSPS) is 11.5. The highest BCUT2D eigenvalue weighted by Gasteiger charge is 2.31. The largest absolute Gasteiger partial charge is 0.174 e. The van der Waals surface area contributed by atoms with Gasteiger partial charge >= 0.3 is 0 Å². The zero-order valence-electron chi connectivity index (χ0n) is 17.0. The molecule has 0 spiro atoms. The fourth-order valence-corrected chi connectivity index (χ4v) is 6.65. The molecule has 0 fully saturated rings. The lowest BCUT2D eigenvalue weighted by atomic mass is 10.1. The van der Waals surface area contributed by atoms with Crippen molar-refractivity contribution in [1.82, 2.24) is 0 Å². The molecule has 0 unspecified atom stereocenters. The molecule has 0 bridgehead atoms. The van der Waals surface area contributed by atoms with E-state index in [9.17, 15) is 0 Å². The van der Waals surface area contributed by atoms with Gasteiger partial charge in [-0.1, -0.05) is 78.9 Å². The molecule has 0 aliphatic rings. The third-order valence-corrected chi connectivity index (χ3v) is 8.13. The minimum Gasteiger partial charge on any atom is -0.0616 e. The third kappa shape index (κ3) is 3.28. The Bertz CT molecular complexity index is 1460. The Morgan fingerprint density at radius 2 is 0.839 bits per heavy atom. The van der Waals surface area contributed by atoms with Crippen molar-refractivity contribution in [2.24, 2.45) is 0 Å². The zero-order chi connectivity index (χ0) is 20.6. The van der Waals surface area contributed by atoms with Crippen molar-refractivity contribution in [3.63, 3.8) is 0 Å². The summed E-state index contributed by atoms with van der Waals surface area (Å²) < 4.78 is 0. The van der Waals surface area contributed by atoms with Gasteiger partial charge in [0.2, 0.25) is 0 Å². The molecule has 146 valence electrons. The van der Waals surface area contributed by atoms with Gasteiger partial charge in [0.05, 0.1) is 10.9 Å². The molecule has 0 saturated heterocycles. The molecule has 1 heteroatoms. The molecule has 31 heavy (non-hydrogen) atoms. The second kappa shape index (κ2) is 7.61. The van der Waals surface area contributed by atoms with E-state index in [1.807, 2.05) is 0 Å². The van der Waals surface area contributed by atoms with Gasteiger partial charge in [0, 0.05) is 17.5 Å². The van der Waals surface area contributed by atoms with Crippen molar-refractivity contribution in [3.05, 3.63) is 127 Å². The lowest BCUT2D eigenvalue weighted by molar-refractivity contribution is 1.36. The molecule has 0 N–H and O–H groups in total. The quantitative estimate of drug-likeness (QED) is 0.256. The average molecular weight is 414 g/mol. The number of rotatable bonds is 3. The summed E-state index contributed by atoms with van der Waals surface area (Å²) in [5.41, 5.74) is 0. The van der Waals surface area contributed by atoms with Crippen molar-refractivity contribution < 1.29 is 0 Å². The minimum atomic E-state index is -0.201. The maximum atomic E-state index is 2.37. The molecule has 0 atom stereocenters. The topological polar surface area (TPSA) is 0 Å². The molecule has 0 saturated carbocycles. The number of hydrogen-bond acceptors (Lipinski definition) is 0. The van der Waals surface area contributed by atoms with E-state index in [0.717, 1.165) is 0 Å². The second-order valence-corrected chi connectivity index (χ2v) is 9.80. The smallest absolute Gasteiger partial charge is 0.0616 e.